The van der Waals surface area contributed by atoms with Crippen molar-refractivity contribution in [1.29, 1.82) is 0 Å². The third kappa shape index (κ3) is 3.93. The molecule has 3 heterocycles. The van der Waals surface area contributed by atoms with Gasteiger partial charge >= 0.3 is 0 Å². The Balaban J connectivity index is 1.33. The van der Waals surface area contributed by atoms with Crippen molar-refractivity contribution < 1.29 is 9.47 Å². The van der Waals surface area contributed by atoms with Gasteiger partial charge < -0.3 is 9.47 Å². The highest BCUT2D eigenvalue weighted by Crippen LogP contribution is 2.39. The molecule has 0 radical (unpaired) electrons. The lowest BCUT2D eigenvalue weighted by Gasteiger charge is -2.45. The number of piperidine rings is 1. The van der Waals surface area contributed by atoms with Crippen molar-refractivity contribution in [3.8, 4) is 11.5 Å². The van der Waals surface area contributed by atoms with Crippen LogP contribution >= 0.6 is 0 Å². The molecule has 2 aliphatic heterocycles. The van der Waals surface area contributed by atoms with E-state index in [0.717, 1.165) is 55.1 Å². The summed E-state index contributed by atoms with van der Waals surface area (Å²) in [6.45, 7) is 6.57. The summed E-state index contributed by atoms with van der Waals surface area (Å²) in [6.07, 6.45) is 7.08. The molecule has 2 aliphatic rings. The molecule has 3 aromatic rings. The lowest BCUT2D eigenvalue weighted by molar-refractivity contribution is 0.0609. The molecule has 1 fully saturated rings. The number of methoxy groups -OCH3 is 2. The van der Waals surface area contributed by atoms with Crippen molar-refractivity contribution in [2.45, 2.75) is 44.8 Å². The van der Waals surface area contributed by atoms with Crippen LogP contribution in [0.1, 0.15) is 42.5 Å². The van der Waals surface area contributed by atoms with Gasteiger partial charge in [-0.1, -0.05) is 12.1 Å². The molecule has 0 bridgehead atoms. The summed E-state index contributed by atoms with van der Waals surface area (Å²) in [5.41, 5.74) is 6.02. The molecule has 6 nitrogen and oxygen atoms in total. The third-order valence-electron chi connectivity index (χ3n) is 7.16. The molecule has 6 heteroatoms. The van der Waals surface area contributed by atoms with Gasteiger partial charge in [-0.05, 0) is 67.6 Å². The molecule has 5 rings (SSSR count). The summed E-state index contributed by atoms with van der Waals surface area (Å²) in [6, 6.07) is 11.6. The number of para-hydroxylation sites is 1. The van der Waals surface area contributed by atoms with Gasteiger partial charge in [-0.2, -0.15) is 0 Å². The fraction of sp³-hybridized carbons (Fsp3) is 0.462. The molecule has 0 spiro atoms. The summed E-state index contributed by atoms with van der Waals surface area (Å²) in [7, 11) is 3.42. The van der Waals surface area contributed by atoms with Crippen molar-refractivity contribution in [3.63, 3.8) is 0 Å². The predicted octanol–water partition coefficient (Wildman–Crippen LogP) is 4.23. The Kier molecular flexibility index (Phi) is 5.98. The predicted molar refractivity (Wildman–Crippen MR) is 126 cm³/mol. The van der Waals surface area contributed by atoms with E-state index in [4.69, 9.17) is 9.47 Å². The summed E-state index contributed by atoms with van der Waals surface area (Å²) in [4.78, 5) is 14.4. The first-order valence-electron chi connectivity index (χ1n) is 11.6. The molecule has 0 saturated carbocycles. The van der Waals surface area contributed by atoms with Crippen LogP contribution in [0.4, 0.5) is 0 Å². The Hall–Kier alpha value is -2.70. The van der Waals surface area contributed by atoms with Crippen LogP contribution in [-0.2, 0) is 13.0 Å². The first-order chi connectivity index (χ1) is 15.7. The van der Waals surface area contributed by atoms with E-state index in [9.17, 15) is 0 Å². The zero-order chi connectivity index (χ0) is 22.1. The molecule has 168 valence electrons. The maximum absolute atomic E-state index is 5.59. The van der Waals surface area contributed by atoms with Crippen LogP contribution in [0, 0.1) is 0 Å². The zero-order valence-electron chi connectivity index (χ0n) is 19.3. The van der Waals surface area contributed by atoms with Gasteiger partial charge in [-0.3, -0.25) is 19.8 Å². The van der Waals surface area contributed by atoms with Gasteiger partial charge in [0, 0.05) is 44.1 Å². The Morgan fingerprint density at radius 3 is 2.69 bits per heavy atom. The molecule has 32 heavy (non-hydrogen) atoms. The number of benzene rings is 2. The van der Waals surface area contributed by atoms with E-state index < -0.39 is 0 Å². The molecule has 2 unspecified atom stereocenters. The van der Waals surface area contributed by atoms with Crippen LogP contribution in [0.15, 0.2) is 42.7 Å². The van der Waals surface area contributed by atoms with Gasteiger partial charge in [0.15, 0.2) is 11.5 Å². The molecule has 2 atom stereocenters. The van der Waals surface area contributed by atoms with E-state index in [1.165, 1.54) is 29.5 Å². The maximum atomic E-state index is 5.59. The number of ether oxygens (including phenoxy) is 2. The molecule has 2 aromatic carbocycles. The lowest BCUT2D eigenvalue weighted by Crippen LogP contribution is -2.50. The van der Waals surface area contributed by atoms with E-state index in [2.05, 4.69) is 51.0 Å². The maximum Gasteiger partial charge on any atom is 0.161 e. The van der Waals surface area contributed by atoms with Gasteiger partial charge in [0.05, 0.1) is 25.3 Å². The van der Waals surface area contributed by atoms with Gasteiger partial charge in [-0.25, -0.2) is 0 Å². The first-order valence-corrected chi connectivity index (χ1v) is 11.6. The molecular weight excluding hydrogens is 400 g/mol. The van der Waals surface area contributed by atoms with Crippen LogP contribution in [-0.4, -0.2) is 59.7 Å². The van der Waals surface area contributed by atoms with E-state index in [1.807, 2.05) is 6.07 Å². The molecule has 1 aromatic heterocycles. The van der Waals surface area contributed by atoms with Crippen molar-refractivity contribution >= 4 is 11.0 Å². The summed E-state index contributed by atoms with van der Waals surface area (Å²) in [5, 5.41) is 0. The molecular formula is C26H32N4O2. The van der Waals surface area contributed by atoms with E-state index >= 15 is 0 Å². The average molecular weight is 433 g/mol. The van der Waals surface area contributed by atoms with E-state index in [1.54, 1.807) is 26.6 Å². The number of likely N-dealkylation sites (tertiary alicyclic amines) is 1. The average Bonchev–Trinajstić information content (AvgIpc) is 2.84. The topological polar surface area (TPSA) is 50.7 Å². The Bertz CT molecular complexity index is 1100. The SMILES string of the molecule is COc1cc2c(cc1OC)C(C)N(C1CCCN(Cc3cccc4nccnc34)C1)CC2. The zero-order valence-corrected chi connectivity index (χ0v) is 19.3. The van der Waals surface area contributed by atoms with Crippen LogP contribution in [0.3, 0.4) is 0 Å². The normalized spacial score (nSPS) is 22.0. The fourth-order valence-electron chi connectivity index (χ4n) is 5.53. The number of aromatic nitrogens is 2. The molecule has 0 amide bonds. The molecule has 0 aliphatic carbocycles. The Morgan fingerprint density at radius 1 is 1.03 bits per heavy atom. The van der Waals surface area contributed by atoms with Gasteiger partial charge in [0.2, 0.25) is 0 Å². The fourth-order valence-corrected chi connectivity index (χ4v) is 5.53. The van der Waals surface area contributed by atoms with Crippen molar-refractivity contribution in [1.82, 2.24) is 19.8 Å². The summed E-state index contributed by atoms with van der Waals surface area (Å²) in [5.74, 6) is 1.65. The second-order valence-corrected chi connectivity index (χ2v) is 8.94. The largest absolute Gasteiger partial charge is 0.493 e. The molecule has 1 saturated heterocycles. The Morgan fingerprint density at radius 2 is 1.84 bits per heavy atom. The summed E-state index contributed by atoms with van der Waals surface area (Å²) < 4.78 is 11.1. The van der Waals surface area contributed by atoms with E-state index in [-0.39, 0.29) is 0 Å². The number of nitrogens with zero attached hydrogens (tertiary/aromatic N) is 4. The van der Waals surface area contributed by atoms with Gasteiger partial charge in [-0.15, -0.1) is 0 Å². The smallest absolute Gasteiger partial charge is 0.161 e. The number of hydrogen-bond donors (Lipinski definition) is 0. The minimum Gasteiger partial charge on any atom is -0.493 e. The minimum absolute atomic E-state index is 0.368. The molecule has 0 N–H and O–H groups in total. The van der Waals surface area contributed by atoms with Crippen molar-refractivity contribution in [2.24, 2.45) is 0 Å². The van der Waals surface area contributed by atoms with Crippen LogP contribution in [0.5, 0.6) is 11.5 Å². The van der Waals surface area contributed by atoms with Crippen LogP contribution in [0.25, 0.3) is 11.0 Å². The number of fused-ring (bicyclic) bond motifs is 2. The first kappa shape index (κ1) is 21.2. The minimum atomic E-state index is 0.368. The van der Waals surface area contributed by atoms with Crippen LogP contribution in [0.2, 0.25) is 0 Å². The third-order valence-corrected chi connectivity index (χ3v) is 7.16. The number of hydrogen-bond acceptors (Lipinski definition) is 6. The number of rotatable bonds is 5. The second-order valence-electron chi connectivity index (χ2n) is 8.94. The van der Waals surface area contributed by atoms with Crippen LogP contribution < -0.4 is 9.47 Å². The standard InChI is InChI=1S/C26H32N4O2/c1-18-22-15-25(32-3)24(31-2)14-19(22)9-13-30(18)21-7-5-12-29(17-21)16-20-6-4-8-23-26(20)28-11-10-27-23/h4,6,8,10-11,14-15,18,21H,5,7,9,12-13,16-17H2,1-3H3. The quantitative estimate of drug-likeness (QED) is 0.601. The lowest BCUT2D eigenvalue weighted by atomic mass is 9.90. The van der Waals surface area contributed by atoms with Gasteiger partial charge in [0.25, 0.3) is 0 Å². The highest BCUT2D eigenvalue weighted by molar-refractivity contribution is 5.77. The van der Waals surface area contributed by atoms with Crippen molar-refractivity contribution in [2.75, 3.05) is 33.9 Å². The second kappa shape index (κ2) is 9.04. The van der Waals surface area contributed by atoms with E-state index in [0.29, 0.717) is 12.1 Å². The Labute approximate surface area is 190 Å². The van der Waals surface area contributed by atoms with Gasteiger partial charge in [0.1, 0.15) is 0 Å². The monoisotopic (exact) mass is 432 g/mol. The summed E-state index contributed by atoms with van der Waals surface area (Å²) >= 11 is 0. The van der Waals surface area contributed by atoms with Crippen molar-refractivity contribution in [3.05, 3.63) is 59.4 Å². The highest BCUT2D eigenvalue weighted by atomic mass is 16.5. The highest BCUT2D eigenvalue weighted by Gasteiger charge is 2.33.